The Morgan fingerprint density at radius 3 is 2.63 bits per heavy atom. The number of ether oxygens (including phenoxy) is 3. The van der Waals surface area contributed by atoms with Crippen LogP contribution >= 0.6 is 0 Å². The summed E-state index contributed by atoms with van der Waals surface area (Å²) in [6, 6.07) is 11.4. The maximum Gasteiger partial charge on any atom is 0.245 e. The number of methoxy groups -OCH3 is 2. The molecule has 1 saturated heterocycles. The van der Waals surface area contributed by atoms with E-state index in [9.17, 15) is 18.7 Å². The molecule has 6 heterocycles. The van der Waals surface area contributed by atoms with E-state index in [1.165, 1.54) is 42.1 Å². The van der Waals surface area contributed by atoms with Crippen LogP contribution in [0.25, 0.3) is 39.0 Å². The van der Waals surface area contributed by atoms with Gasteiger partial charge in [0.2, 0.25) is 11.8 Å². The van der Waals surface area contributed by atoms with Gasteiger partial charge in [0.05, 0.1) is 54.6 Å². The molecule has 16 heteroatoms. The summed E-state index contributed by atoms with van der Waals surface area (Å²) in [5.74, 6) is 0.519. The lowest BCUT2D eigenvalue weighted by Gasteiger charge is -2.31. The smallest absolute Gasteiger partial charge is 0.245 e. The molecule has 1 amide bonds. The summed E-state index contributed by atoms with van der Waals surface area (Å²) >= 11 is 0. The Labute approximate surface area is 296 Å². The van der Waals surface area contributed by atoms with Gasteiger partial charge in [0, 0.05) is 50.9 Å². The Bertz CT molecular complexity index is 2350. The predicted molar refractivity (Wildman–Crippen MR) is 185 cm³/mol. The first kappa shape index (κ1) is 33.4. The highest BCUT2D eigenvalue weighted by atomic mass is 19.1. The van der Waals surface area contributed by atoms with E-state index in [1.807, 2.05) is 16.4 Å². The standard InChI is InChI=1S/C36H35F2N9O5/c1-19-40-27-11-21(38)10-24-26-6-5-7-32(41-26)52-22-13-29(36(49)44(2)15-23(50-3)17-45(19)33(24)27)46(16-22)34-25-14-39-47(35(25)43-31(18-48)42-34)28-9-8-20(37)12-30(28)51-4/h5-12,14,22-23,29,48H,13,15-18H2,1-4H3/t22-,23+,29-/m0/s1. The molecule has 3 atom stereocenters. The summed E-state index contributed by atoms with van der Waals surface area (Å²) in [6.07, 6.45) is 0.866. The average molecular weight is 712 g/mol. The molecule has 0 spiro atoms. The van der Waals surface area contributed by atoms with Gasteiger partial charge in [-0.15, -0.1) is 0 Å². The number of aliphatic hydroxyl groups excluding tert-OH is 1. The lowest BCUT2D eigenvalue weighted by atomic mass is 10.1. The Hall–Kier alpha value is -5.74. The SMILES string of the molecule is COc1cc(F)ccc1-n1ncc2c(N3C[C@@H]4C[C@H]3C(=O)N(C)C[C@@H](OC)Cn3c(C)nc5cc(F)cc(c53)-c3cccc(n3)O4)nc(CO)nc21. The molecule has 4 bridgehead atoms. The van der Waals surface area contributed by atoms with E-state index >= 15 is 0 Å². The summed E-state index contributed by atoms with van der Waals surface area (Å²) in [7, 11) is 4.73. The summed E-state index contributed by atoms with van der Waals surface area (Å²) in [5, 5.41) is 15.3. The molecule has 2 aromatic carbocycles. The summed E-state index contributed by atoms with van der Waals surface area (Å²) in [5.41, 5.74) is 2.99. The number of imidazole rings is 1. The van der Waals surface area contributed by atoms with Crippen molar-refractivity contribution < 1.29 is 32.9 Å². The number of hydrogen-bond acceptors (Lipinski definition) is 11. The van der Waals surface area contributed by atoms with Gasteiger partial charge in [0.15, 0.2) is 11.5 Å². The Kier molecular flexibility index (Phi) is 8.42. The summed E-state index contributed by atoms with van der Waals surface area (Å²) in [4.78, 5) is 36.6. The molecule has 1 fully saturated rings. The summed E-state index contributed by atoms with van der Waals surface area (Å²) < 4.78 is 50.4. The molecule has 0 radical (unpaired) electrons. The molecule has 4 aromatic heterocycles. The molecule has 1 N–H and O–H groups in total. The molecule has 268 valence electrons. The van der Waals surface area contributed by atoms with Crippen molar-refractivity contribution in [3.63, 3.8) is 0 Å². The quantitative estimate of drug-likeness (QED) is 0.279. The number of benzene rings is 2. The fourth-order valence-electron chi connectivity index (χ4n) is 7.21. The molecule has 14 nitrogen and oxygen atoms in total. The number of carbonyl (C=O) groups excluding carboxylic acids is 1. The maximum absolute atomic E-state index is 15.0. The van der Waals surface area contributed by atoms with Gasteiger partial charge < -0.3 is 33.7 Å². The second-order valence-corrected chi connectivity index (χ2v) is 12.9. The zero-order valence-electron chi connectivity index (χ0n) is 28.8. The van der Waals surface area contributed by atoms with E-state index in [0.717, 1.165) is 0 Å². The van der Waals surface area contributed by atoms with Gasteiger partial charge in [-0.25, -0.2) is 33.4 Å². The van der Waals surface area contributed by atoms with Crippen LogP contribution in [0, 0.1) is 18.6 Å². The van der Waals surface area contributed by atoms with Crippen molar-refractivity contribution in [2.75, 3.05) is 39.3 Å². The van der Waals surface area contributed by atoms with E-state index in [2.05, 4.69) is 15.1 Å². The van der Waals surface area contributed by atoms with Crippen molar-refractivity contribution in [1.29, 1.82) is 0 Å². The minimum absolute atomic E-state index is 0.0955. The second kappa shape index (κ2) is 13.1. The maximum atomic E-state index is 15.0. The van der Waals surface area contributed by atoms with Crippen LogP contribution in [-0.4, -0.2) is 103 Å². The van der Waals surface area contributed by atoms with Gasteiger partial charge in [-0.3, -0.25) is 4.79 Å². The Morgan fingerprint density at radius 2 is 1.85 bits per heavy atom. The van der Waals surface area contributed by atoms with Gasteiger partial charge >= 0.3 is 0 Å². The monoisotopic (exact) mass is 711 g/mol. The van der Waals surface area contributed by atoms with Crippen molar-refractivity contribution in [3.8, 4) is 28.6 Å². The number of anilines is 1. The number of aliphatic hydroxyl groups is 1. The molecule has 6 aromatic rings. The number of hydrogen-bond donors (Lipinski definition) is 1. The van der Waals surface area contributed by atoms with Gasteiger partial charge in [-0.2, -0.15) is 5.10 Å². The third-order valence-electron chi connectivity index (χ3n) is 9.64. The number of pyridine rings is 1. The van der Waals surface area contributed by atoms with Crippen molar-refractivity contribution in [2.24, 2.45) is 0 Å². The van der Waals surface area contributed by atoms with Crippen LogP contribution in [-0.2, 0) is 22.7 Å². The fraction of sp³-hybridized carbons (Fsp3) is 0.333. The molecular weight excluding hydrogens is 676 g/mol. The number of rotatable bonds is 5. The number of halogens is 2. The van der Waals surface area contributed by atoms with Crippen LogP contribution in [0.4, 0.5) is 14.6 Å². The minimum Gasteiger partial charge on any atom is -0.494 e. The van der Waals surface area contributed by atoms with Gasteiger partial charge in [-0.05, 0) is 31.2 Å². The van der Waals surface area contributed by atoms with Crippen LogP contribution in [0.5, 0.6) is 11.6 Å². The van der Waals surface area contributed by atoms with Gasteiger partial charge in [-0.1, -0.05) is 6.07 Å². The topological polar surface area (TPSA) is 146 Å². The summed E-state index contributed by atoms with van der Waals surface area (Å²) in [6.45, 7) is 2.15. The van der Waals surface area contributed by atoms with Gasteiger partial charge in [0.25, 0.3) is 0 Å². The number of aryl methyl sites for hydroxylation is 1. The van der Waals surface area contributed by atoms with Crippen molar-refractivity contribution in [1.82, 2.24) is 39.2 Å². The number of nitrogens with zero attached hydrogens (tertiary/aromatic N) is 9. The van der Waals surface area contributed by atoms with Crippen LogP contribution in [0.3, 0.4) is 0 Å². The third-order valence-corrected chi connectivity index (χ3v) is 9.64. The zero-order chi connectivity index (χ0) is 36.3. The van der Waals surface area contributed by atoms with E-state index in [4.69, 9.17) is 24.2 Å². The van der Waals surface area contributed by atoms with Crippen LogP contribution in [0.2, 0.25) is 0 Å². The average Bonchev–Trinajstić information content (AvgIpc) is 3.84. The molecule has 0 aliphatic carbocycles. The first-order chi connectivity index (χ1) is 25.1. The number of amides is 1. The molecule has 8 rings (SSSR count). The number of aromatic nitrogens is 7. The molecular formula is C36H35F2N9O5. The molecule has 0 saturated carbocycles. The molecule has 0 unspecified atom stereocenters. The lowest BCUT2D eigenvalue weighted by Crippen LogP contribution is -2.47. The number of likely N-dealkylation sites (N-methyl/N-ethyl adjacent to an activating group) is 1. The first-order valence-electron chi connectivity index (χ1n) is 16.7. The Balaban J connectivity index is 1.25. The van der Waals surface area contributed by atoms with Crippen molar-refractivity contribution >= 4 is 33.8 Å². The van der Waals surface area contributed by atoms with E-state index < -0.39 is 36.5 Å². The van der Waals surface area contributed by atoms with E-state index in [-0.39, 0.29) is 37.0 Å². The Morgan fingerprint density at radius 1 is 1.00 bits per heavy atom. The highest BCUT2D eigenvalue weighted by molar-refractivity contribution is 5.93. The normalized spacial score (nSPS) is 19.2. The predicted octanol–water partition coefficient (Wildman–Crippen LogP) is 3.83. The first-order valence-corrected chi connectivity index (χ1v) is 16.7. The van der Waals surface area contributed by atoms with Crippen LogP contribution in [0.15, 0.2) is 54.7 Å². The fourth-order valence-corrected chi connectivity index (χ4v) is 7.21. The van der Waals surface area contributed by atoms with Crippen LogP contribution < -0.4 is 14.4 Å². The van der Waals surface area contributed by atoms with Crippen LogP contribution in [0.1, 0.15) is 18.1 Å². The molecule has 2 aliphatic rings. The third kappa shape index (κ3) is 5.73. The van der Waals surface area contributed by atoms with E-state index in [1.54, 1.807) is 43.5 Å². The zero-order valence-corrected chi connectivity index (χ0v) is 28.8. The largest absolute Gasteiger partial charge is 0.494 e. The second-order valence-electron chi connectivity index (χ2n) is 12.9. The van der Waals surface area contributed by atoms with Crippen molar-refractivity contribution in [2.45, 2.75) is 44.7 Å². The van der Waals surface area contributed by atoms with E-state index in [0.29, 0.717) is 63.1 Å². The lowest BCUT2D eigenvalue weighted by molar-refractivity contribution is -0.133. The number of carbonyl (C=O) groups is 1. The number of fused-ring (bicyclic) bond motifs is 6. The van der Waals surface area contributed by atoms with Crippen molar-refractivity contribution in [3.05, 3.63) is 78.0 Å². The highest BCUT2D eigenvalue weighted by Crippen LogP contribution is 2.36. The molecule has 52 heavy (non-hydrogen) atoms. The molecule has 2 aliphatic heterocycles. The van der Waals surface area contributed by atoms with Gasteiger partial charge in [0.1, 0.15) is 53.5 Å². The highest BCUT2D eigenvalue weighted by Gasteiger charge is 2.42. The minimum atomic E-state index is -0.748.